The van der Waals surface area contributed by atoms with Crippen molar-refractivity contribution in [2.75, 3.05) is 20.3 Å². The fourth-order valence-corrected chi connectivity index (χ4v) is 5.39. The van der Waals surface area contributed by atoms with Crippen molar-refractivity contribution in [3.05, 3.63) is 84.5 Å². The van der Waals surface area contributed by atoms with Gasteiger partial charge in [0.2, 0.25) is 0 Å². The summed E-state index contributed by atoms with van der Waals surface area (Å²) in [4.78, 5) is 44.0. The maximum absolute atomic E-state index is 13.9. The maximum atomic E-state index is 13.9. The average Bonchev–Trinajstić information content (AvgIpc) is 3.24. The van der Waals surface area contributed by atoms with E-state index in [0.717, 1.165) is 17.7 Å². The van der Waals surface area contributed by atoms with Crippen LogP contribution in [0.5, 0.6) is 17.2 Å². The Balaban J connectivity index is 1.85. The Morgan fingerprint density at radius 2 is 1.85 bits per heavy atom. The molecule has 10 heteroatoms. The first-order chi connectivity index (χ1) is 19.6. The van der Waals surface area contributed by atoms with Gasteiger partial charge in [0.15, 0.2) is 16.3 Å². The van der Waals surface area contributed by atoms with E-state index in [-0.39, 0.29) is 35.2 Å². The van der Waals surface area contributed by atoms with E-state index in [1.807, 2.05) is 45.0 Å². The molecule has 0 saturated carbocycles. The van der Waals surface area contributed by atoms with Crippen LogP contribution in [0.25, 0.3) is 6.08 Å². The summed E-state index contributed by atoms with van der Waals surface area (Å²) >= 11 is 1.24. The van der Waals surface area contributed by atoms with Crippen LogP contribution in [0.2, 0.25) is 0 Å². The second kappa shape index (κ2) is 13.0. The second-order valence-corrected chi connectivity index (χ2v) is 11.0. The highest BCUT2D eigenvalue weighted by atomic mass is 32.1. The van der Waals surface area contributed by atoms with E-state index in [2.05, 4.69) is 4.99 Å². The number of allylic oxidation sites excluding steroid dienone is 1. The van der Waals surface area contributed by atoms with Crippen LogP contribution in [0.4, 0.5) is 0 Å². The Hall–Kier alpha value is -4.18. The maximum Gasteiger partial charge on any atom is 0.338 e. The van der Waals surface area contributed by atoms with Gasteiger partial charge in [-0.1, -0.05) is 50.3 Å². The van der Waals surface area contributed by atoms with Gasteiger partial charge in [0.1, 0.15) is 5.75 Å². The molecule has 0 saturated heterocycles. The van der Waals surface area contributed by atoms with Crippen LogP contribution in [-0.2, 0) is 14.3 Å². The summed E-state index contributed by atoms with van der Waals surface area (Å²) in [6.45, 7) is 9.82. The predicted octanol–water partition coefficient (Wildman–Crippen LogP) is 4.16. The van der Waals surface area contributed by atoms with Gasteiger partial charge in [-0.3, -0.25) is 14.2 Å². The molecule has 1 aromatic heterocycles. The van der Waals surface area contributed by atoms with Crippen molar-refractivity contribution in [2.24, 2.45) is 10.9 Å². The number of aromatic nitrogens is 1. The monoisotopic (exact) mass is 578 g/mol. The van der Waals surface area contributed by atoms with Crippen molar-refractivity contribution in [3.8, 4) is 17.2 Å². The quantitative estimate of drug-likeness (QED) is 0.263. The zero-order valence-corrected chi connectivity index (χ0v) is 24.9. The van der Waals surface area contributed by atoms with Crippen LogP contribution >= 0.6 is 11.3 Å². The molecule has 1 aliphatic rings. The molecule has 2 aromatic carbocycles. The fraction of sp³-hybridized carbons (Fsp3) is 0.355. The van der Waals surface area contributed by atoms with Crippen LogP contribution < -0.4 is 29.1 Å². The number of carbonyl (C=O) groups excluding carboxylic acids is 2. The van der Waals surface area contributed by atoms with Crippen molar-refractivity contribution in [1.82, 2.24) is 4.57 Å². The molecule has 0 unspecified atom stereocenters. The molecule has 0 radical (unpaired) electrons. The second-order valence-electron chi connectivity index (χ2n) is 10.00. The Labute approximate surface area is 242 Å². The minimum atomic E-state index is -0.835. The van der Waals surface area contributed by atoms with Crippen molar-refractivity contribution in [2.45, 2.75) is 47.1 Å². The number of fused-ring (bicyclic) bond motifs is 1. The molecule has 0 N–H and O–H groups in total. The number of esters is 2. The summed E-state index contributed by atoms with van der Waals surface area (Å²) < 4.78 is 24.0. The van der Waals surface area contributed by atoms with Crippen LogP contribution in [0.3, 0.4) is 0 Å². The molecule has 1 atom stereocenters. The van der Waals surface area contributed by atoms with Gasteiger partial charge in [0.05, 0.1) is 42.2 Å². The molecule has 4 rings (SSSR count). The summed E-state index contributed by atoms with van der Waals surface area (Å²) in [6.07, 6.45) is 2.71. The Morgan fingerprint density at radius 3 is 2.49 bits per heavy atom. The first kappa shape index (κ1) is 29.8. The molecule has 0 fully saturated rings. The van der Waals surface area contributed by atoms with E-state index in [1.165, 1.54) is 29.9 Å². The number of benzene rings is 2. The lowest BCUT2D eigenvalue weighted by Crippen LogP contribution is -2.40. The summed E-state index contributed by atoms with van der Waals surface area (Å²) in [5.41, 5.74) is 1.82. The summed E-state index contributed by atoms with van der Waals surface area (Å²) in [7, 11) is 1.45. The molecule has 0 amide bonds. The van der Waals surface area contributed by atoms with E-state index < -0.39 is 18.0 Å². The zero-order valence-electron chi connectivity index (χ0n) is 24.1. The highest BCUT2D eigenvalue weighted by Gasteiger charge is 2.34. The number of hydrogen-bond donors (Lipinski definition) is 0. The van der Waals surface area contributed by atoms with Gasteiger partial charge in [-0.2, -0.15) is 0 Å². The summed E-state index contributed by atoms with van der Waals surface area (Å²) in [5, 5.41) is 0. The van der Waals surface area contributed by atoms with E-state index in [4.69, 9.17) is 18.9 Å². The molecule has 3 aromatic rings. The summed E-state index contributed by atoms with van der Waals surface area (Å²) in [5.74, 6) is 0.354. The molecular weight excluding hydrogens is 544 g/mol. The number of rotatable bonds is 10. The van der Waals surface area contributed by atoms with E-state index in [9.17, 15) is 14.4 Å². The number of ether oxygens (including phenoxy) is 4. The molecular formula is C31H34N2O7S. The van der Waals surface area contributed by atoms with Gasteiger partial charge < -0.3 is 18.9 Å². The molecule has 0 aliphatic carbocycles. The molecule has 216 valence electrons. The van der Waals surface area contributed by atoms with Gasteiger partial charge in [0.25, 0.3) is 5.56 Å². The predicted molar refractivity (Wildman–Crippen MR) is 156 cm³/mol. The Morgan fingerprint density at radius 1 is 1.12 bits per heavy atom. The van der Waals surface area contributed by atoms with Crippen molar-refractivity contribution >= 4 is 29.4 Å². The van der Waals surface area contributed by atoms with Gasteiger partial charge in [-0.05, 0) is 60.7 Å². The number of thiazole rings is 1. The Bertz CT molecular complexity index is 1650. The van der Waals surface area contributed by atoms with E-state index in [0.29, 0.717) is 27.2 Å². The van der Waals surface area contributed by atoms with E-state index in [1.54, 1.807) is 31.2 Å². The van der Waals surface area contributed by atoms with Gasteiger partial charge in [-0.25, -0.2) is 9.79 Å². The van der Waals surface area contributed by atoms with Crippen LogP contribution in [0, 0.1) is 5.92 Å². The first-order valence-corrected chi connectivity index (χ1v) is 14.2. The first-order valence-electron chi connectivity index (χ1n) is 13.4. The van der Waals surface area contributed by atoms with Crippen LogP contribution in [0.15, 0.2) is 63.5 Å². The summed E-state index contributed by atoms with van der Waals surface area (Å²) in [6, 6.07) is 11.6. The third kappa shape index (κ3) is 6.77. The lowest BCUT2D eigenvalue weighted by atomic mass is 9.95. The van der Waals surface area contributed by atoms with Crippen molar-refractivity contribution in [1.29, 1.82) is 0 Å². The lowest BCUT2D eigenvalue weighted by Gasteiger charge is -2.25. The molecule has 2 heterocycles. The molecule has 1 aliphatic heterocycles. The number of methoxy groups -OCH3 is 1. The third-order valence-corrected chi connectivity index (χ3v) is 7.18. The number of hydrogen-bond acceptors (Lipinski definition) is 9. The molecule has 0 bridgehead atoms. The topological polar surface area (TPSA) is 105 Å². The number of nitrogens with zero attached hydrogens (tertiary/aromatic N) is 2. The SMILES string of the molecule is CCCOc1ccc(/C=c2/sc3n(c2=O)[C@H](c2ccc(OC(C)=O)c(OC)c2)C(C(=O)OCC(C)C)=C(C)N=3)cc1. The largest absolute Gasteiger partial charge is 0.494 e. The minimum Gasteiger partial charge on any atom is -0.494 e. The molecule has 0 spiro atoms. The molecule has 41 heavy (non-hydrogen) atoms. The van der Waals surface area contributed by atoms with Crippen LogP contribution in [-0.4, -0.2) is 36.8 Å². The van der Waals surface area contributed by atoms with Gasteiger partial charge in [-0.15, -0.1) is 0 Å². The average molecular weight is 579 g/mol. The van der Waals surface area contributed by atoms with Crippen molar-refractivity contribution in [3.63, 3.8) is 0 Å². The zero-order chi connectivity index (χ0) is 29.7. The number of carbonyl (C=O) groups is 2. The molecule has 9 nitrogen and oxygen atoms in total. The highest BCUT2D eigenvalue weighted by Crippen LogP contribution is 2.36. The Kier molecular flexibility index (Phi) is 9.44. The van der Waals surface area contributed by atoms with Gasteiger partial charge >= 0.3 is 11.9 Å². The highest BCUT2D eigenvalue weighted by molar-refractivity contribution is 7.07. The third-order valence-electron chi connectivity index (χ3n) is 6.20. The normalized spacial score (nSPS) is 14.9. The van der Waals surface area contributed by atoms with E-state index >= 15 is 0 Å². The van der Waals surface area contributed by atoms with Crippen LogP contribution in [0.1, 0.15) is 58.2 Å². The fourth-order valence-electron chi connectivity index (χ4n) is 4.34. The lowest BCUT2D eigenvalue weighted by molar-refractivity contribution is -0.140. The van der Waals surface area contributed by atoms with Crippen molar-refractivity contribution < 1.29 is 28.5 Å². The van der Waals surface area contributed by atoms with Gasteiger partial charge in [0, 0.05) is 6.92 Å². The standard InChI is InChI=1S/C31H34N2O7S/c1-7-14-38-23-11-8-21(9-12-23)15-26-29(35)33-28(22-10-13-24(40-20(5)34)25(16-22)37-6)27(19(4)32-31(33)41-26)30(36)39-17-18(2)3/h8-13,15-16,18,28H,7,14,17H2,1-6H3/b26-15+/t28-/m1/s1. The smallest absolute Gasteiger partial charge is 0.338 e. The minimum absolute atomic E-state index is 0.126.